The molecule has 64 valence electrons. The van der Waals surface area contributed by atoms with Crippen LogP contribution in [0.3, 0.4) is 0 Å². The van der Waals surface area contributed by atoms with E-state index in [1.54, 1.807) is 0 Å². The predicted octanol–water partition coefficient (Wildman–Crippen LogP) is 2.02. The molecule has 0 spiro atoms. The molecule has 0 heterocycles. The van der Waals surface area contributed by atoms with Crippen molar-refractivity contribution in [2.45, 2.75) is 31.9 Å². The van der Waals surface area contributed by atoms with Crippen molar-refractivity contribution in [2.24, 2.45) is 5.92 Å². The molecule has 1 nitrogen and oxygen atoms in total. The number of hydrogen-bond donors (Lipinski definition) is 2. The smallest absolute Gasteiger partial charge is 0.0472 e. The van der Waals surface area contributed by atoms with Crippen LogP contribution in [0.25, 0.3) is 0 Å². The molecule has 1 aliphatic rings. The number of aliphatic hydroxyl groups is 1. The van der Waals surface area contributed by atoms with Gasteiger partial charge in [0.2, 0.25) is 0 Å². The summed E-state index contributed by atoms with van der Waals surface area (Å²) < 4.78 is 0. The highest BCUT2D eigenvalue weighted by Crippen LogP contribution is 2.31. The highest BCUT2D eigenvalue weighted by atomic mass is 32.1. The van der Waals surface area contributed by atoms with Crippen LogP contribution in [-0.4, -0.2) is 17.0 Å². The normalized spacial score (nSPS) is 32.7. The Morgan fingerprint density at radius 3 is 2.45 bits per heavy atom. The lowest BCUT2D eigenvalue weighted by Crippen LogP contribution is -2.23. The molecule has 0 unspecified atom stereocenters. The van der Waals surface area contributed by atoms with Crippen molar-refractivity contribution < 1.29 is 5.11 Å². The van der Waals surface area contributed by atoms with Gasteiger partial charge in [-0.05, 0) is 32.6 Å². The third-order valence-corrected chi connectivity index (χ3v) is 3.20. The van der Waals surface area contributed by atoms with E-state index < -0.39 is 0 Å². The van der Waals surface area contributed by atoms with E-state index in [1.165, 1.54) is 11.1 Å². The van der Waals surface area contributed by atoms with Crippen molar-refractivity contribution in [3.8, 4) is 0 Å². The molecular formula is C9H16OS. The van der Waals surface area contributed by atoms with Crippen LogP contribution in [0.5, 0.6) is 0 Å². The molecule has 0 saturated carbocycles. The van der Waals surface area contributed by atoms with Crippen LogP contribution in [0.2, 0.25) is 0 Å². The van der Waals surface area contributed by atoms with Crippen molar-refractivity contribution in [3.63, 3.8) is 0 Å². The molecule has 2 atom stereocenters. The van der Waals surface area contributed by atoms with E-state index in [2.05, 4.69) is 26.5 Å². The van der Waals surface area contributed by atoms with Crippen LogP contribution < -0.4 is 0 Å². The van der Waals surface area contributed by atoms with Crippen molar-refractivity contribution in [1.29, 1.82) is 0 Å². The molecule has 0 aromatic heterocycles. The maximum Gasteiger partial charge on any atom is 0.0472 e. The van der Waals surface area contributed by atoms with Crippen molar-refractivity contribution in [3.05, 3.63) is 11.1 Å². The second kappa shape index (κ2) is 3.63. The third-order valence-electron chi connectivity index (χ3n) is 2.59. The quantitative estimate of drug-likeness (QED) is 0.458. The lowest BCUT2D eigenvalue weighted by Gasteiger charge is -2.28. The summed E-state index contributed by atoms with van der Waals surface area (Å²) in [6.07, 6.45) is 2.07. The Morgan fingerprint density at radius 1 is 1.36 bits per heavy atom. The molecule has 0 amide bonds. The van der Waals surface area contributed by atoms with Gasteiger partial charge in [0.25, 0.3) is 0 Å². The van der Waals surface area contributed by atoms with Crippen LogP contribution in [-0.2, 0) is 0 Å². The summed E-state index contributed by atoms with van der Waals surface area (Å²) in [6, 6.07) is 0. The molecule has 0 saturated heterocycles. The average Bonchev–Trinajstić information content (AvgIpc) is 1.97. The highest BCUT2D eigenvalue weighted by Gasteiger charge is 2.23. The number of rotatable bonds is 1. The zero-order chi connectivity index (χ0) is 8.43. The molecule has 0 aromatic carbocycles. The first-order chi connectivity index (χ1) is 5.15. The molecule has 1 N–H and O–H groups in total. The lowest BCUT2D eigenvalue weighted by molar-refractivity contribution is 0.218. The Morgan fingerprint density at radius 2 is 1.91 bits per heavy atom. The first kappa shape index (κ1) is 9.14. The fourth-order valence-corrected chi connectivity index (χ4v) is 2.02. The molecule has 0 aliphatic heterocycles. The van der Waals surface area contributed by atoms with Gasteiger partial charge in [0.15, 0.2) is 0 Å². The molecular weight excluding hydrogens is 156 g/mol. The van der Waals surface area contributed by atoms with Gasteiger partial charge < -0.3 is 5.11 Å². The predicted molar refractivity (Wildman–Crippen MR) is 51.0 cm³/mol. The Kier molecular flexibility index (Phi) is 3.02. The van der Waals surface area contributed by atoms with Crippen molar-refractivity contribution in [1.82, 2.24) is 0 Å². The maximum absolute atomic E-state index is 8.99. The molecule has 0 radical (unpaired) electrons. The van der Waals surface area contributed by atoms with Gasteiger partial charge in [0.05, 0.1) is 0 Å². The minimum atomic E-state index is 0.277. The van der Waals surface area contributed by atoms with Crippen LogP contribution in [0, 0.1) is 5.92 Å². The summed E-state index contributed by atoms with van der Waals surface area (Å²) in [5.41, 5.74) is 2.89. The summed E-state index contributed by atoms with van der Waals surface area (Å²) in [5.74, 6) is 0.377. The topological polar surface area (TPSA) is 20.2 Å². The Bertz CT molecular complexity index is 174. The summed E-state index contributed by atoms with van der Waals surface area (Å²) in [5, 5.41) is 9.36. The number of hydrogen-bond acceptors (Lipinski definition) is 2. The van der Waals surface area contributed by atoms with Crippen LogP contribution in [0.15, 0.2) is 11.1 Å². The molecule has 11 heavy (non-hydrogen) atoms. The largest absolute Gasteiger partial charge is 0.396 e. The van der Waals surface area contributed by atoms with E-state index in [0.717, 1.165) is 12.8 Å². The van der Waals surface area contributed by atoms with Gasteiger partial charge in [-0.3, -0.25) is 0 Å². The molecule has 0 fully saturated rings. The van der Waals surface area contributed by atoms with Gasteiger partial charge in [-0.15, -0.1) is 0 Å². The van der Waals surface area contributed by atoms with Gasteiger partial charge in [-0.25, -0.2) is 0 Å². The second-order valence-corrected chi connectivity index (χ2v) is 4.14. The zero-order valence-corrected chi connectivity index (χ0v) is 8.06. The minimum Gasteiger partial charge on any atom is -0.396 e. The Labute approximate surface area is 73.9 Å². The van der Waals surface area contributed by atoms with Crippen molar-refractivity contribution in [2.75, 3.05) is 6.61 Å². The highest BCUT2D eigenvalue weighted by molar-refractivity contribution is 7.81. The SMILES string of the molecule is CC1=C(C)C[C@@H](S)[C@@H](CO)C1. The lowest BCUT2D eigenvalue weighted by atomic mass is 9.85. The van der Waals surface area contributed by atoms with E-state index in [9.17, 15) is 0 Å². The first-order valence-corrected chi connectivity index (χ1v) is 4.61. The second-order valence-electron chi connectivity index (χ2n) is 3.48. The van der Waals surface area contributed by atoms with Crippen molar-refractivity contribution >= 4 is 12.6 Å². The van der Waals surface area contributed by atoms with E-state index in [-0.39, 0.29) is 6.61 Å². The molecule has 1 aliphatic carbocycles. The van der Waals surface area contributed by atoms with Crippen LogP contribution in [0.4, 0.5) is 0 Å². The fourth-order valence-electron chi connectivity index (χ4n) is 1.54. The van der Waals surface area contributed by atoms with Gasteiger partial charge >= 0.3 is 0 Å². The Balaban J connectivity index is 2.67. The zero-order valence-electron chi connectivity index (χ0n) is 7.17. The standard InChI is InChI=1S/C9H16OS/c1-6-3-8(5-10)9(11)4-7(6)2/h8-11H,3-5H2,1-2H3/t8-,9-/m1/s1. The van der Waals surface area contributed by atoms with Gasteiger partial charge in [0.1, 0.15) is 0 Å². The maximum atomic E-state index is 8.99. The molecule has 1 rings (SSSR count). The summed E-state index contributed by atoms with van der Waals surface area (Å²) in [7, 11) is 0. The fraction of sp³-hybridized carbons (Fsp3) is 0.778. The molecule has 0 aromatic rings. The molecule has 2 heteroatoms. The summed E-state index contributed by atoms with van der Waals surface area (Å²) >= 11 is 4.44. The number of thiol groups is 1. The van der Waals surface area contributed by atoms with E-state index in [4.69, 9.17) is 5.11 Å². The van der Waals surface area contributed by atoms with E-state index in [0.29, 0.717) is 11.2 Å². The number of aliphatic hydroxyl groups excluding tert-OH is 1. The minimum absolute atomic E-state index is 0.277. The van der Waals surface area contributed by atoms with E-state index in [1.807, 2.05) is 0 Å². The van der Waals surface area contributed by atoms with Gasteiger partial charge in [0, 0.05) is 11.9 Å². The van der Waals surface area contributed by atoms with Crippen LogP contribution >= 0.6 is 12.6 Å². The van der Waals surface area contributed by atoms with E-state index >= 15 is 0 Å². The van der Waals surface area contributed by atoms with Gasteiger partial charge in [-0.2, -0.15) is 12.6 Å². The van der Waals surface area contributed by atoms with Gasteiger partial charge in [-0.1, -0.05) is 11.1 Å². The Hall–Kier alpha value is 0.0500. The summed E-state index contributed by atoms with van der Waals surface area (Å²) in [6.45, 7) is 4.59. The first-order valence-electron chi connectivity index (χ1n) is 4.09. The summed E-state index contributed by atoms with van der Waals surface area (Å²) in [4.78, 5) is 0. The average molecular weight is 172 g/mol. The number of allylic oxidation sites excluding steroid dienone is 2. The monoisotopic (exact) mass is 172 g/mol. The van der Waals surface area contributed by atoms with Crippen LogP contribution in [0.1, 0.15) is 26.7 Å². The molecule has 0 bridgehead atoms. The third kappa shape index (κ3) is 2.00.